The number of thioether (sulfide) groups is 1. The molecule has 1 amide bonds. The Labute approximate surface area is 166 Å². The third-order valence-corrected chi connectivity index (χ3v) is 5.95. The van der Waals surface area contributed by atoms with Gasteiger partial charge in [0.2, 0.25) is 0 Å². The number of rotatable bonds is 7. The molecule has 4 nitrogen and oxygen atoms in total. The number of amides is 1. The van der Waals surface area contributed by atoms with E-state index < -0.39 is 0 Å². The van der Waals surface area contributed by atoms with Gasteiger partial charge in [0.1, 0.15) is 0 Å². The number of para-hydroxylation sites is 2. The zero-order valence-electron chi connectivity index (χ0n) is 16.3. The van der Waals surface area contributed by atoms with Crippen molar-refractivity contribution in [1.82, 2.24) is 4.90 Å². The summed E-state index contributed by atoms with van der Waals surface area (Å²) in [5.74, 6) is 2.04. The lowest BCUT2D eigenvalue weighted by atomic mass is 10.1. The van der Waals surface area contributed by atoms with Gasteiger partial charge in [0.15, 0.2) is 0 Å². The van der Waals surface area contributed by atoms with Crippen LogP contribution in [0.2, 0.25) is 0 Å². The van der Waals surface area contributed by atoms with E-state index in [9.17, 15) is 4.79 Å². The highest BCUT2D eigenvalue weighted by Crippen LogP contribution is 2.27. The third kappa shape index (κ3) is 5.27. The van der Waals surface area contributed by atoms with E-state index in [4.69, 9.17) is 0 Å². The van der Waals surface area contributed by atoms with E-state index in [0.717, 1.165) is 55.6 Å². The topological polar surface area (TPSA) is 35.6 Å². The van der Waals surface area contributed by atoms with Crippen LogP contribution in [0.25, 0.3) is 0 Å². The van der Waals surface area contributed by atoms with Crippen LogP contribution in [0.3, 0.4) is 0 Å². The average molecular weight is 384 g/mol. The first-order chi connectivity index (χ1) is 13.2. The SMILES string of the molecule is CCSCc1ccc(C(=O)Nc2ccccc2N2CCN(CC)CC2)cc1. The first-order valence-electron chi connectivity index (χ1n) is 9.75. The van der Waals surface area contributed by atoms with Crippen LogP contribution in [0, 0.1) is 0 Å². The van der Waals surface area contributed by atoms with Gasteiger partial charge in [0.25, 0.3) is 5.91 Å². The van der Waals surface area contributed by atoms with Crippen molar-refractivity contribution in [2.75, 3.05) is 48.7 Å². The summed E-state index contributed by atoms with van der Waals surface area (Å²) in [6.07, 6.45) is 0. The van der Waals surface area contributed by atoms with Crippen molar-refractivity contribution in [2.45, 2.75) is 19.6 Å². The average Bonchev–Trinajstić information content (AvgIpc) is 2.73. The molecule has 144 valence electrons. The molecule has 0 aliphatic carbocycles. The molecule has 0 unspecified atom stereocenters. The van der Waals surface area contributed by atoms with Crippen LogP contribution in [0.4, 0.5) is 11.4 Å². The van der Waals surface area contributed by atoms with Crippen molar-refractivity contribution in [3.8, 4) is 0 Å². The van der Waals surface area contributed by atoms with Crippen LogP contribution >= 0.6 is 11.8 Å². The lowest BCUT2D eigenvalue weighted by molar-refractivity contribution is 0.102. The van der Waals surface area contributed by atoms with Crippen molar-refractivity contribution >= 4 is 29.0 Å². The molecule has 1 aliphatic rings. The number of nitrogens with zero attached hydrogens (tertiary/aromatic N) is 2. The van der Waals surface area contributed by atoms with Gasteiger partial charge in [-0.2, -0.15) is 11.8 Å². The minimum atomic E-state index is -0.0515. The maximum Gasteiger partial charge on any atom is 0.255 e. The lowest BCUT2D eigenvalue weighted by Gasteiger charge is -2.36. The number of hydrogen-bond acceptors (Lipinski definition) is 4. The number of benzene rings is 2. The van der Waals surface area contributed by atoms with Crippen LogP contribution in [-0.2, 0) is 5.75 Å². The Bertz CT molecular complexity index is 739. The van der Waals surface area contributed by atoms with Crippen molar-refractivity contribution in [3.05, 3.63) is 59.7 Å². The lowest BCUT2D eigenvalue weighted by Crippen LogP contribution is -2.46. The van der Waals surface area contributed by atoms with E-state index in [1.54, 1.807) is 0 Å². The predicted octanol–water partition coefficient (Wildman–Crippen LogP) is 4.33. The zero-order chi connectivity index (χ0) is 19.1. The fourth-order valence-electron chi connectivity index (χ4n) is 3.33. The van der Waals surface area contributed by atoms with Gasteiger partial charge in [-0.3, -0.25) is 4.79 Å². The van der Waals surface area contributed by atoms with Gasteiger partial charge in [0, 0.05) is 37.5 Å². The fourth-order valence-corrected chi connectivity index (χ4v) is 3.96. The van der Waals surface area contributed by atoms with E-state index in [0.29, 0.717) is 5.56 Å². The van der Waals surface area contributed by atoms with Crippen molar-refractivity contribution < 1.29 is 4.79 Å². The molecule has 0 spiro atoms. The number of carbonyl (C=O) groups is 1. The molecule has 1 fully saturated rings. The molecule has 1 heterocycles. The molecule has 0 aromatic heterocycles. The minimum Gasteiger partial charge on any atom is -0.367 e. The molecule has 5 heteroatoms. The van der Waals surface area contributed by atoms with Gasteiger partial charge < -0.3 is 15.1 Å². The van der Waals surface area contributed by atoms with Gasteiger partial charge in [-0.25, -0.2) is 0 Å². The smallest absolute Gasteiger partial charge is 0.255 e. The summed E-state index contributed by atoms with van der Waals surface area (Å²) in [4.78, 5) is 17.6. The minimum absolute atomic E-state index is 0.0515. The number of hydrogen-bond donors (Lipinski definition) is 1. The highest BCUT2D eigenvalue weighted by atomic mass is 32.2. The number of piperazine rings is 1. The number of carbonyl (C=O) groups excluding carboxylic acids is 1. The van der Waals surface area contributed by atoms with Gasteiger partial charge in [-0.05, 0) is 42.1 Å². The van der Waals surface area contributed by atoms with Crippen LogP contribution in [-0.4, -0.2) is 49.3 Å². The van der Waals surface area contributed by atoms with Crippen LogP contribution in [0.1, 0.15) is 29.8 Å². The van der Waals surface area contributed by atoms with E-state index in [1.807, 2.05) is 54.2 Å². The van der Waals surface area contributed by atoms with Crippen LogP contribution in [0.15, 0.2) is 48.5 Å². The van der Waals surface area contributed by atoms with Crippen molar-refractivity contribution in [1.29, 1.82) is 0 Å². The highest BCUT2D eigenvalue weighted by molar-refractivity contribution is 7.98. The Kier molecular flexibility index (Phi) is 7.18. The molecule has 2 aromatic carbocycles. The van der Waals surface area contributed by atoms with E-state index in [-0.39, 0.29) is 5.91 Å². The second-order valence-corrected chi connectivity index (χ2v) is 8.00. The molecule has 0 bridgehead atoms. The van der Waals surface area contributed by atoms with Crippen molar-refractivity contribution in [3.63, 3.8) is 0 Å². The van der Waals surface area contributed by atoms with Crippen LogP contribution < -0.4 is 10.2 Å². The zero-order valence-corrected chi connectivity index (χ0v) is 17.1. The van der Waals surface area contributed by atoms with Gasteiger partial charge >= 0.3 is 0 Å². The quantitative estimate of drug-likeness (QED) is 0.772. The van der Waals surface area contributed by atoms with Gasteiger partial charge in [-0.15, -0.1) is 0 Å². The number of likely N-dealkylation sites (N-methyl/N-ethyl adjacent to an activating group) is 1. The second-order valence-electron chi connectivity index (χ2n) is 6.73. The molecule has 0 radical (unpaired) electrons. The number of nitrogens with one attached hydrogen (secondary N) is 1. The third-order valence-electron chi connectivity index (χ3n) is 5.00. The van der Waals surface area contributed by atoms with Crippen LogP contribution in [0.5, 0.6) is 0 Å². The Hall–Kier alpha value is -1.98. The maximum absolute atomic E-state index is 12.7. The molecule has 1 aliphatic heterocycles. The summed E-state index contributed by atoms with van der Waals surface area (Å²) in [5, 5.41) is 3.11. The molecule has 1 saturated heterocycles. The second kappa shape index (κ2) is 9.81. The summed E-state index contributed by atoms with van der Waals surface area (Å²) in [5.41, 5.74) is 3.95. The number of anilines is 2. The monoisotopic (exact) mass is 383 g/mol. The summed E-state index contributed by atoms with van der Waals surface area (Å²) >= 11 is 1.89. The van der Waals surface area contributed by atoms with Crippen molar-refractivity contribution in [2.24, 2.45) is 0 Å². The molecule has 0 saturated carbocycles. The van der Waals surface area contributed by atoms with E-state index in [1.165, 1.54) is 5.56 Å². The summed E-state index contributed by atoms with van der Waals surface area (Å²) in [6, 6.07) is 16.0. The summed E-state index contributed by atoms with van der Waals surface area (Å²) in [7, 11) is 0. The van der Waals surface area contributed by atoms with Gasteiger partial charge in [0.05, 0.1) is 11.4 Å². The maximum atomic E-state index is 12.7. The Morgan fingerprint density at radius 1 is 1.00 bits per heavy atom. The molecule has 3 rings (SSSR count). The first-order valence-corrected chi connectivity index (χ1v) is 10.9. The fraction of sp³-hybridized carbons (Fsp3) is 0.409. The molecular weight excluding hydrogens is 354 g/mol. The molecule has 1 N–H and O–H groups in total. The normalized spacial score (nSPS) is 15.0. The molecule has 2 aromatic rings. The largest absolute Gasteiger partial charge is 0.367 e. The molecule has 0 atom stereocenters. The summed E-state index contributed by atoms with van der Waals surface area (Å²) in [6.45, 7) is 9.57. The highest BCUT2D eigenvalue weighted by Gasteiger charge is 2.19. The molecular formula is C22H29N3OS. The molecule has 27 heavy (non-hydrogen) atoms. The summed E-state index contributed by atoms with van der Waals surface area (Å²) < 4.78 is 0. The van der Waals surface area contributed by atoms with E-state index >= 15 is 0 Å². The Morgan fingerprint density at radius 3 is 2.37 bits per heavy atom. The van der Waals surface area contributed by atoms with E-state index in [2.05, 4.69) is 35.0 Å². The standard InChI is InChI=1S/C22H29N3OS/c1-3-24-13-15-25(16-14-24)21-8-6-5-7-20(21)23-22(26)19-11-9-18(10-12-19)17-27-4-2/h5-12H,3-4,13-17H2,1-2H3,(H,23,26). The Balaban J connectivity index is 1.68. The van der Waals surface area contributed by atoms with Gasteiger partial charge in [-0.1, -0.05) is 38.1 Å². The predicted molar refractivity (Wildman–Crippen MR) is 117 cm³/mol. The Morgan fingerprint density at radius 2 is 1.70 bits per heavy atom. The first kappa shape index (κ1) is 19.8.